The van der Waals surface area contributed by atoms with Gasteiger partial charge < -0.3 is 19.5 Å². The molecule has 0 bridgehead atoms. The lowest BCUT2D eigenvalue weighted by Gasteiger charge is -2.29. The highest BCUT2D eigenvalue weighted by molar-refractivity contribution is 5.91. The van der Waals surface area contributed by atoms with Crippen molar-refractivity contribution < 1.29 is 23.8 Å². The van der Waals surface area contributed by atoms with Crippen LogP contribution in [0, 0.1) is 0 Å². The molecule has 2 rings (SSSR count). The van der Waals surface area contributed by atoms with Crippen LogP contribution >= 0.6 is 0 Å². The number of hydrogen-bond donors (Lipinski definition) is 1. The number of carbonyl (C=O) groups excluding carboxylic acids is 2. The SMILES string of the molecule is COC(=O)c1ccc2c(c1)OC(C(=O)OC(C)(C)C)CN2. The van der Waals surface area contributed by atoms with E-state index in [4.69, 9.17) is 9.47 Å². The Bertz CT molecular complexity index is 562. The van der Waals surface area contributed by atoms with Crippen LogP contribution in [0.15, 0.2) is 18.2 Å². The molecule has 0 aromatic heterocycles. The van der Waals surface area contributed by atoms with Crippen LogP contribution in [0.5, 0.6) is 5.75 Å². The van der Waals surface area contributed by atoms with Crippen molar-refractivity contribution in [3.8, 4) is 5.75 Å². The molecule has 114 valence electrons. The molecule has 6 heteroatoms. The third-order valence-corrected chi connectivity index (χ3v) is 2.82. The number of carbonyl (C=O) groups is 2. The van der Waals surface area contributed by atoms with Crippen molar-refractivity contribution >= 4 is 17.6 Å². The molecule has 1 aliphatic heterocycles. The Morgan fingerprint density at radius 1 is 1.33 bits per heavy atom. The molecule has 1 atom stereocenters. The Hall–Kier alpha value is -2.24. The zero-order chi connectivity index (χ0) is 15.6. The van der Waals surface area contributed by atoms with Crippen LogP contribution in [0.2, 0.25) is 0 Å². The summed E-state index contributed by atoms with van der Waals surface area (Å²) in [5.41, 5.74) is 0.513. The Morgan fingerprint density at radius 3 is 2.67 bits per heavy atom. The smallest absolute Gasteiger partial charge is 0.349 e. The topological polar surface area (TPSA) is 73.9 Å². The number of esters is 2. The van der Waals surface area contributed by atoms with Gasteiger partial charge in [0.25, 0.3) is 0 Å². The molecule has 0 radical (unpaired) electrons. The Morgan fingerprint density at radius 2 is 2.05 bits per heavy atom. The van der Waals surface area contributed by atoms with Gasteiger partial charge in [-0.3, -0.25) is 0 Å². The zero-order valence-electron chi connectivity index (χ0n) is 12.6. The van der Waals surface area contributed by atoms with E-state index in [-0.39, 0.29) is 0 Å². The highest BCUT2D eigenvalue weighted by Crippen LogP contribution is 2.31. The summed E-state index contributed by atoms with van der Waals surface area (Å²) in [6, 6.07) is 4.90. The molecule has 1 aliphatic rings. The van der Waals surface area contributed by atoms with E-state index in [2.05, 4.69) is 10.1 Å². The standard InChI is InChI=1S/C15H19NO5/c1-15(2,3)21-14(18)12-8-16-10-6-5-9(13(17)19-4)7-11(10)20-12/h5-7,12,16H,8H2,1-4H3. The third-order valence-electron chi connectivity index (χ3n) is 2.82. The van der Waals surface area contributed by atoms with Gasteiger partial charge in [0, 0.05) is 0 Å². The van der Waals surface area contributed by atoms with Crippen LogP contribution in [-0.4, -0.2) is 37.3 Å². The number of rotatable bonds is 2. The van der Waals surface area contributed by atoms with Crippen molar-refractivity contribution in [3.63, 3.8) is 0 Å². The van der Waals surface area contributed by atoms with E-state index < -0.39 is 23.6 Å². The van der Waals surface area contributed by atoms with Gasteiger partial charge in [-0.1, -0.05) is 0 Å². The molecule has 0 saturated heterocycles. The first-order chi connectivity index (χ1) is 9.80. The average Bonchev–Trinajstić information content (AvgIpc) is 2.43. The van der Waals surface area contributed by atoms with Gasteiger partial charge in [0.2, 0.25) is 6.10 Å². The molecular formula is C15H19NO5. The summed E-state index contributed by atoms with van der Waals surface area (Å²) in [5.74, 6) is -0.468. The van der Waals surface area contributed by atoms with E-state index in [0.717, 1.165) is 5.69 Å². The molecule has 0 amide bonds. The van der Waals surface area contributed by atoms with Gasteiger partial charge in [0.05, 0.1) is 24.9 Å². The maximum atomic E-state index is 12.0. The van der Waals surface area contributed by atoms with Crippen LogP contribution in [-0.2, 0) is 14.3 Å². The van der Waals surface area contributed by atoms with Gasteiger partial charge in [-0.05, 0) is 39.0 Å². The molecule has 1 unspecified atom stereocenters. The summed E-state index contributed by atoms with van der Waals surface area (Å²) in [6.45, 7) is 5.71. The minimum atomic E-state index is -0.746. The van der Waals surface area contributed by atoms with Crippen molar-refractivity contribution in [2.45, 2.75) is 32.5 Å². The van der Waals surface area contributed by atoms with Crippen LogP contribution in [0.3, 0.4) is 0 Å². The Labute approximate surface area is 123 Å². The normalized spacial score (nSPS) is 17.0. The highest BCUT2D eigenvalue weighted by Gasteiger charge is 2.30. The monoisotopic (exact) mass is 293 g/mol. The summed E-state index contributed by atoms with van der Waals surface area (Å²) in [6.07, 6.45) is -0.746. The number of ether oxygens (including phenoxy) is 3. The predicted octanol–water partition coefficient (Wildman–Crippen LogP) is 1.99. The van der Waals surface area contributed by atoms with Gasteiger partial charge in [-0.15, -0.1) is 0 Å². The lowest BCUT2D eigenvalue weighted by molar-refractivity contribution is -0.162. The fraction of sp³-hybridized carbons (Fsp3) is 0.467. The summed E-state index contributed by atoms with van der Waals surface area (Å²) in [7, 11) is 1.31. The first kappa shape index (κ1) is 15.2. The lowest BCUT2D eigenvalue weighted by Crippen LogP contribution is -2.42. The molecule has 1 aromatic rings. The van der Waals surface area contributed by atoms with Gasteiger partial charge >= 0.3 is 11.9 Å². The van der Waals surface area contributed by atoms with E-state index in [9.17, 15) is 9.59 Å². The quantitative estimate of drug-likeness (QED) is 0.841. The van der Waals surface area contributed by atoms with Gasteiger partial charge in [-0.25, -0.2) is 9.59 Å². The molecule has 21 heavy (non-hydrogen) atoms. The average molecular weight is 293 g/mol. The van der Waals surface area contributed by atoms with Crippen LogP contribution in [0.1, 0.15) is 31.1 Å². The second-order valence-corrected chi connectivity index (χ2v) is 5.72. The molecule has 0 aliphatic carbocycles. The van der Waals surface area contributed by atoms with Crippen molar-refractivity contribution in [2.75, 3.05) is 19.0 Å². The number of anilines is 1. The molecule has 0 fully saturated rings. The summed E-state index contributed by atoms with van der Waals surface area (Å²) in [5, 5.41) is 3.09. The number of benzene rings is 1. The fourth-order valence-corrected chi connectivity index (χ4v) is 1.91. The van der Waals surface area contributed by atoms with Crippen LogP contribution < -0.4 is 10.1 Å². The molecule has 1 heterocycles. The molecule has 0 spiro atoms. The number of fused-ring (bicyclic) bond motifs is 1. The summed E-state index contributed by atoms with van der Waals surface area (Å²) < 4.78 is 15.6. The molecule has 1 N–H and O–H groups in total. The minimum absolute atomic E-state index is 0.319. The second kappa shape index (κ2) is 5.63. The fourth-order valence-electron chi connectivity index (χ4n) is 1.91. The summed E-state index contributed by atoms with van der Waals surface area (Å²) in [4.78, 5) is 23.5. The van der Waals surface area contributed by atoms with E-state index in [1.165, 1.54) is 7.11 Å². The third kappa shape index (κ3) is 3.65. The second-order valence-electron chi connectivity index (χ2n) is 5.72. The molecular weight excluding hydrogens is 274 g/mol. The maximum absolute atomic E-state index is 12.0. The lowest BCUT2D eigenvalue weighted by atomic mass is 10.1. The maximum Gasteiger partial charge on any atom is 0.349 e. The summed E-state index contributed by atoms with van der Waals surface area (Å²) >= 11 is 0. The van der Waals surface area contributed by atoms with Crippen molar-refractivity contribution in [1.82, 2.24) is 0 Å². The first-order valence-electron chi connectivity index (χ1n) is 6.66. The molecule has 1 aromatic carbocycles. The molecule has 6 nitrogen and oxygen atoms in total. The number of hydrogen-bond acceptors (Lipinski definition) is 6. The van der Waals surface area contributed by atoms with Crippen molar-refractivity contribution in [2.24, 2.45) is 0 Å². The van der Waals surface area contributed by atoms with Crippen LogP contribution in [0.4, 0.5) is 5.69 Å². The number of nitrogens with one attached hydrogen (secondary N) is 1. The minimum Gasteiger partial charge on any atom is -0.475 e. The van der Waals surface area contributed by atoms with E-state index in [0.29, 0.717) is 17.9 Å². The van der Waals surface area contributed by atoms with Gasteiger partial charge in [-0.2, -0.15) is 0 Å². The first-order valence-corrected chi connectivity index (χ1v) is 6.66. The van der Waals surface area contributed by atoms with E-state index >= 15 is 0 Å². The van der Waals surface area contributed by atoms with E-state index in [1.54, 1.807) is 39.0 Å². The van der Waals surface area contributed by atoms with E-state index in [1.807, 2.05) is 0 Å². The molecule has 0 saturated carbocycles. The van der Waals surface area contributed by atoms with Crippen molar-refractivity contribution in [1.29, 1.82) is 0 Å². The van der Waals surface area contributed by atoms with Crippen LogP contribution in [0.25, 0.3) is 0 Å². The van der Waals surface area contributed by atoms with Gasteiger partial charge in [0.15, 0.2) is 0 Å². The van der Waals surface area contributed by atoms with Crippen molar-refractivity contribution in [3.05, 3.63) is 23.8 Å². The zero-order valence-corrected chi connectivity index (χ0v) is 12.6. The van der Waals surface area contributed by atoms with Gasteiger partial charge in [0.1, 0.15) is 11.4 Å². The predicted molar refractivity (Wildman–Crippen MR) is 76.5 cm³/mol. The highest BCUT2D eigenvalue weighted by atomic mass is 16.6. The Balaban J connectivity index is 2.15. The number of methoxy groups -OCH3 is 1. The Kier molecular flexibility index (Phi) is 4.06. The largest absolute Gasteiger partial charge is 0.475 e.